The first-order chi connectivity index (χ1) is 19.0. The van der Waals surface area contributed by atoms with Gasteiger partial charge in [0.2, 0.25) is 5.91 Å². The summed E-state index contributed by atoms with van der Waals surface area (Å²) in [5.41, 5.74) is 8.08. The van der Waals surface area contributed by atoms with Crippen LogP contribution in [-0.2, 0) is 37.4 Å². The van der Waals surface area contributed by atoms with Crippen LogP contribution in [0.15, 0.2) is 48.5 Å². The van der Waals surface area contributed by atoms with E-state index in [1.807, 2.05) is 41.3 Å². The predicted molar refractivity (Wildman–Crippen MR) is 152 cm³/mol. The molecule has 216 valence electrons. The molecule has 2 atom stereocenters. The van der Waals surface area contributed by atoms with Gasteiger partial charge in [-0.15, -0.1) is 0 Å². The van der Waals surface area contributed by atoms with Crippen molar-refractivity contribution >= 4 is 17.7 Å². The van der Waals surface area contributed by atoms with Crippen LogP contribution >= 0.6 is 0 Å². The number of nitrogens with one attached hydrogen (secondary N) is 1. The normalized spacial score (nSPS) is 18.1. The molecule has 1 amide bonds. The maximum absolute atomic E-state index is 14.1. The minimum absolute atomic E-state index is 0.147. The molecule has 0 radical (unpaired) electrons. The molecule has 2 aliphatic rings. The van der Waals surface area contributed by atoms with Gasteiger partial charge in [-0.25, -0.2) is 9.18 Å². The van der Waals surface area contributed by atoms with Gasteiger partial charge in [-0.2, -0.15) is 0 Å². The molecule has 0 aromatic heterocycles. The molecule has 0 bridgehead atoms. The van der Waals surface area contributed by atoms with Gasteiger partial charge in [0.05, 0.1) is 18.2 Å². The summed E-state index contributed by atoms with van der Waals surface area (Å²) in [4.78, 5) is 42.1. The van der Waals surface area contributed by atoms with Crippen LogP contribution in [0.2, 0.25) is 0 Å². The fourth-order valence-corrected chi connectivity index (χ4v) is 6.14. The van der Waals surface area contributed by atoms with Crippen LogP contribution in [0.1, 0.15) is 69.6 Å². The summed E-state index contributed by atoms with van der Waals surface area (Å²) in [5.74, 6) is -1.66. The Morgan fingerprint density at radius 2 is 1.80 bits per heavy atom. The number of esters is 1. The predicted octanol–water partition coefficient (Wildman–Crippen LogP) is 3.85. The van der Waals surface area contributed by atoms with E-state index in [1.54, 1.807) is 26.8 Å². The molecule has 1 fully saturated rings. The third-order valence-corrected chi connectivity index (χ3v) is 8.45. The molecular formula is C32H42FN3O4. The SMILES string of the molecule is CCOC(=O)C(C(=O)[C@@H](CCCc1ccccc1)NC(=O)C(C)(C)N)N1CCC2(CCc3ccc(F)cc32)CC1. The highest BCUT2D eigenvalue weighted by atomic mass is 19.1. The van der Waals surface area contributed by atoms with Gasteiger partial charge in [-0.3, -0.25) is 14.5 Å². The Hall–Kier alpha value is -3.10. The van der Waals surface area contributed by atoms with E-state index in [0.29, 0.717) is 38.8 Å². The first-order valence-electron chi connectivity index (χ1n) is 14.4. The fraction of sp³-hybridized carbons (Fsp3) is 0.531. The second-order valence-corrected chi connectivity index (χ2v) is 11.8. The zero-order chi connectivity index (χ0) is 28.9. The number of aryl methyl sites for hydroxylation is 2. The van der Waals surface area contributed by atoms with Gasteiger partial charge in [-0.1, -0.05) is 36.4 Å². The van der Waals surface area contributed by atoms with Crippen molar-refractivity contribution in [3.8, 4) is 0 Å². The Morgan fingerprint density at radius 3 is 2.45 bits per heavy atom. The number of nitrogens with zero attached hydrogens (tertiary/aromatic N) is 1. The number of hydrogen-bond donors (Lipinski definition) is 2. The van der Waals surface area contributed by atoms with E-state index in [4.69, 9.17) is 10.5 Å². The number of hydrogen-bond acceptors (Lipinski definition) is 6. The quantitative estimate of drug-likeness (QED) is 0.325. The second kappa shape index (κ2) is 12.6. The minimum Gasteiger partial charge on any atom is -0.464 e. The van der Waals surface area contributed by atoms with Crippen molar-refractivity contribution in [1.29, 1.82) is 0 Å². The molecule has 1 saturated heterocycles. The number of halogens is 1. The molecule has 1 aliphatic carbocycles. The Balaban J connectivity index is 1.53. The molecule has 7 nitrogen and oxygen atoms in total. The number of benzene rings is 2. The van der Waals surface area contributed by atoms with E-state index in [0.717, 1.165) is 30.4 Å². The first-order valence-corrected chi connectivity index (χ1v) is 14.4. The van der Waals surface area contributed by atoms with Crippen LogP contribution in [-0.4, -0.2) is 59.9 Å². The molecule has 3 N–H and O–H groups in total. The lowest BCUT2D eigenvalue weighted by Crippen LogP contribution is -2.60. The van der Waals surface area contributed by atoms with Gasteiger partial charge in [0.25, 0.3) is 0 Å². The van der Waals surface area contributed by atoms with Crippen LogP contribution in [0, 0.1) is 5.82 Å². The van der Waals surface area contributed by atoms with E-state index >= 15 is 0 Å². The number of carbonyl (C=O) groups is 3. The van der Waals surface area contributed by atoms with Gasteiger partial charge >= 0.3 is 5.97 Å². The van der Waals surface area contributed by atoms with Gasteiger partial charge in [0, 0.05) is 13.1 Å². The third kappa shape index (κ3) is 6.78. The third-order valence-electron chi connectivity index (χ3n) is 8.45. The van der Waals surface area contributed by atoms with Crippen molar-refractivity contribution in [3.05, 3.63) is 71.0 Å². The molecule has 1 spiro atoms. The molecule has 1 heterocycles. The number of nitrogens with two attached hydrogens (primary N) is 1. The number of amides is 1. The number of carbonyl (C=O) groups excluding carboxylic acids is 3. The van der Waals surface area contributed by atoms with Gasteiger partial charge in [-0.05, 0) is 100.0 Å². The highest BCUT2D eigenvalue weighted by molar-refractivity contribution is 6.07. The summed E-state index contributed by atoms with van der Waals surface area (Å²) in [6.07, 6.45) is 5.02. The number of piperidine rings is 1. The lowest BCUT2D eigenvalue weighted by Gasteiger charge is -2.42. The Morgan fingerprint density at radius 1 is 1.10 bits per heavy atom. The Labute approximate surface area is 236 Å². The summed E-state index contributed by atoms with van der Waals surface area (Å²) in [5, 5.41) is 2.84. The van der Waals surface area contributed by atoms with E-state index in [9.17, 15) is 18.8 Å². The maximum Gasteiger partial charge on any atom is 0.331 e. The molecule has 4 rings (SSSR count). The largest absolute Gasteiger partial charge is 0.464 e. The number of likely N-dealkylation sites (tertiary alicyclic amines) is 1. The maximum atomic E-state index is 14.1. The monoisotopic (exact) mass is 551 g/mol. The standard InChI is InChI=1S/C32H42FN3O4/c1-4-40-29(38)27(36-19-17-32(18-20-36)16-15-23-13-14-24(33)21-25(23)32)28(37)26(35-30(39)31(2,3)34)12-8-11-22-9-6-5-7-10-22/h5-7,9-10,13-14,21,26-27H,4,8,11-12,15-20,34H2,1-3H3,(H,35,39)/t26-,27?/m1/s1. The topological polar surface area (TPSA) is 102 Å². The molecule has 8 heteroatoms. The van der Waals surface area contributed by atoms with Gasteiger partial charge in [0.15, 0.2) is 11.8 Å². The molecule has 1 unspecified atom stereocenters. The molecule has 2 aromatic carbocycles. The lowest BCUT2D eigenvalue weighted by atomic mass is 9.73. The van der Waals surface area contributed by atoms with E-state index < -0.39 is 29.5 Å². The number of Topliss-reactive ketones (excluding diaryl/α,β-unsaturated/α-hetero) is 1. The molecule has 0 saturated carbocycles. The van der Waals surface area contributed by atoms with Crippen molar-refractivity contribution in [2.75, 3.05) is 19.7 Å². The number of ether oxygens (including phenoxy) is 1. The number of ketones is 1. The van der Waals surface area contributed by atoms with Gasteiger partial charge in [0.1, 0.15) is 5.82 Å². The summed E-state index contributed by atoms with van der Waals surface area (Å²) < 4.78 is 19.5. The lowest BCUT2D eigenvalue weighted by molar-refractivity contribution is -0.155. The van der Waals surface area contributed by atoms with Crippen LogP contribution < -0.4 is 11.1 Å². The molecular weight excluding hydrogens is 509 g/mol. The van der Waals surface area contributed by atoms with Crippen molar-refractivity contribution < 1.29 is 23.5 Å². The molecule has 1 aliphatic heterocycles. The summed E-state index contributed by atoms with van der Waals surface area (Å²) in [6, 6.07) is 13.0. The van der Waals surface area contributed by atoms with Crippen molar-refractivity contribution in [3.63, 3.8) is 0 Å². The van der Waals surface area contributed by atoms with Crippen molar-refractivity contribution in [1.82, 2.24) is 10.2 Å². The summed E-state index contributed by atoms with van der Waals surface area (Å²) >= 11 is 0. The summed E-state index contributed by atoms with van der Waals surface area (Å²) in [6.45, 7) is 6.03. The number of fused-ring (bicyclic) bond motifs is 2. The number of rotatable bonds is 11. The first kappa shape index (κ1) is 29.9. The minimum atomic E-state index is -1.18. The van der Waals surface area contributed by atoms with Crippen LogP contribution in [0.4, 0.5) is 4.39 Å². The zero-order valence-corrected chi connectivity index (χ0v) is 23.9. The zero-order valence-electron chi connectivity index (χ0n) is 23.9. The van der Waals surface area contributed by atoms with Crippen LogP contribution in [0.25, 0.3) is 0 Å². The van der Waals surface area contributed by atoms with E-state index in [1.165, 1.54) is 11.6 Å². The van der Waals surface area contributed by atoms with E-state index in [2.05, 4.69) is 5.32 Å². The average molecular weight is 552 g/mol. The van der Waals surface area contributed by atoms with Gasteiger partial charge < -0.3 is 15.8 Å². The second-order valence-electron chi connectivity index (χ2n) is 11.8. The smallest absolute Gasteiger partial charge is 0.331 e. The Kier molecular flexibility index (Phi) is 9.41. The summed E-state index contributed by atoms with van der Waals surface area (Å²) in [7, 11) is 0. The van der Waals surface area contributed by atoms with Crippen molar-refractivity contribution in [2.24, 2.45) is 5.73 Å². The Bertz CT molecular complexity index is 1200. The van der Waals surface area contributed by atoms with Crippen molar-refractivity contribution in [2.45, 2.75) is 88.8 Å². The van der Waals surface area contributed by atoms with Crippen LogP contribution in [0.5, 0.6) is 0 Å². The fourth-order valence-electron chi connectivity index (χ4n) is 6.14. The molecule has 40 heavy (non-hydrogen) atoms. The highest BCUT2D eigenvalue weighted by Crippen LogP contribution is 2.46. The van der Waals surface area contributed by atoms with E-state index in [-0.39, 0.29) is 23.6 Å². The highest BCUT2D eigenvalue weighted by Gasteiger charge is 2.46. The van der Waals surface area contributed by atoms with Crippen LogP contribution in [0.3, 0.4) is 0 Å². The average Bonchev–Trinajstić information content (AvgIpc) is 3.26. The molecule has 2 aromatic rings.